The quantitative estimate of drug-likeness (QED) is 0.839. The van der Waals surface area contributed by atoms with Crippen molar-refractivity contribution < 1.29 is 9.47 Å². The highest BCUT2D eigenvalue weighted by atomic mass is 16.5. The Kier molecular flexibility index (Phi) is 5.59. The molecule has 0 radical (unpaired) electrons. The Labute approximate surface area is 144 Å². The van der Waals surface area contributed by atoms with Crippen LogP contribution in [0.15, 0.2) is 48.5 Å². The summed E-state index contributed by atoms with van der Waals surface area (Å²) in [6.07, 6.45) is 1.16. The zero-order chi connectivity index (χ0) is 16.8. The first-order valence-corrected chi connectivity index (χ1v) is 8.62. The van der Waals surface area contributed by atoms with Gasteiger partial charge in [-0.25, -0.2) is 0 Å². The number of ether oxygens (including phenoxy) is 2. The van der Waals surface area contributed by atoms with E-state index in [1.165, 1.54) is 5.56 Å². The van der Waals surface area contributed by atoms with Crippen molar-refractivity contribution in [1.29, 1.82) is 0 Å². The summed E-state index contributed by atoms with van der Waals surface area (Å²) in [7, 11) is 1.68. The summed E-state index contributed by atoms with van der Waals surface area (Å²) in [6, 6.07) is 17.2. The standard InChI is InChI=1S/C20H26N2O2/c1-3-24-19-10-9-17(13-20(19)23-2)21-18-11-12-22(15-18)14-16-7-5-4-6-8-16/h4-10,13,18,21H,3,11-12,14-15H2,1-2H3. The Balaban J connectivity index is 1.57. The molecule has 1 atom stereocenters. The highest BCUT2D eigenvalue weighted by Crippen LogP contribution is 2.31. The molecule has 2 aromatic carbocycles. The highest BCUT2D eigenvalue weighted by molar-refractivity contribution is 5.55. The normalized spacial score (nSPS) is 17.7. The van der Waals surface area contributed by atoms with Crippen LogP contribution in [0.3, 0.4) is 0 Å². The molecule has 24 heavy (non-hydrogen) atoms. The van der Waals surface area contributed by atoms with Crippen LogP contribution in [0.1, 0.15) is 18.9 Å². The van der Waals surface area contributed by atoms with Gasteiger partial charge in [0.05, 0.1) is 13.7 Å². The molecule has 0 amide bonds. The Hall–Kier alpha value is -2.20. The Morgan fingerprint density at radius 1 is 1.12 bits per heavy atom. The summed E-state index contributed by atoms with van der Waals surface area (Å²) in [4.78, 5) is 2.50. The van der Waals surface area contributed by atoms with Gasteiger partial charge in [-0.3, -0.25) is 4.90 Å². The third-order valence-electron chi connectivity index (χ3n) is 4.36. The fraction of sp³-hybridized carbons (Fsp3) is 0.400. The number of nitrogens with one attached hydrogen (secondary N) is 1. The lowest BCUT2D eigenvalue weighted by atomic mass is 10.2. The predicted octanol–water partition coefficient (Wildman–Crippen LogP) is 3.78. The summed E-state index contributed by atoms with van der Waals surface area (Å²) in [6.45, 7) is 5.82. The lowest BCUT2D eigenvalue weighted by Crippen LogP contribution is -2.25. The third kappa shape index (κ3) is 4.20. The van der Waals surface area contributed by atoms with E-state index < -0.39 is 0 Å². The van der Waals surface area contributed by atoms with E-state index in [2.05, 4.69) is 46.6 Å². The SMILES string of the molecule is CCOc1ccc(NC2CCN(Cc3ccccc3)C2)cc1OC. The number of methoxy groups -OCH3 is 1. The average molecular weight is 326 g/mol. The largest absolute Gasteiger partial charge is 0.493 e. The fourth-order valence-electron chi connectivity index (χ4n) is 3.20. The molecule has 1 fully saturated rings. The maximum atomic E-state index is 5.58. The number of benzene rings is 2. The van der Waals surface area contributed by atoms with Crippen molar-refractivity contribution >= 4 is 5.69 Å². The number of rotatable bonds is 7. The number of likely N-dealkylation sites (tertiary alicyclic amines) is 1. The first kappa shape index (κ1) is 16.7. The molecule has 4 heteroatoms. The summed E-state index contributed by atoms with van der Waals surface area (Å²) in [5, 5.41) is 3.62. The summed E-state index contributed by atoms with van der Waals surface area (Å²) in [5.74, 6) is 1.57. The molecule has 4 nitrogen and oxygen atoms in total. The van der Waals surface area contributed by atoms with Crippen LogP contribution in [-0.2, 0) is 6.54 Å². The van der Waals surface area contributed by atoms with E-state index in [-0.39, 0.29) is 0 Å². The molecule has 0 aliphatic carbocycles. The summed E-state index contributed by atoms with van der Waals surface area (Å²) >= 11 is 0. The van der Waals surface area contributed by atoms with Gasteiger partial charge in [0.25, 0.3) is 0 Å². The van der Waals surface area contributed by atoms with Crippen LogP contribution < -0.4 is 14.8 Å². The van der Waals surface area contributed by atoms with Gasteiger partial charge in [-0.2, -0.15) is 0 Å². The number of nitrogens with zero attached hydrogens (tertiary/aromatic N) is 1. The lowest BCUT2D eigenvalue weighted by molar-refractivity contribution is 0.311. The maximum absolute atomic E-state index is 5.58. The van der Waals surface area contributed by atoms with Crippen molar-refractivity contribution in [3.05, 3.63) is 54.1 Å². The molecule has 1 aliphatic rings. The minimum absolute atomic E-state index is 0.469. The van der Waals surface area contributed by atoms with Gasteiger partial charge in [0.2, 0.25) is 0 Å². The molecular formula is C20H26N2O2. The zero-order valence-electron chi connectivity index (χ0n) is 14.5. The average Bonchev–Trinajstić information content (AvgIpc) is 3.04. The second-order valence-electron chi connectivity index (χ2n) is 6.15. The van der Waals surface area contributed by atoms with Crippen LogP contribution in [0.4, 0.5) is 5.69 Å². The first-order valence-electron chi connectivity index (χ1n) is 8.62. The van der Waals surface area contributed by atoms with E-state index in [0.29, 0.717) is 12.6 Å². The van der Waals surface area contributed by atoms with Gasteiger partial charge in [0.1, 0.15) is 0 Å². The van der Waals surface area contributed by atoms with Crippen molar-refractivity contribution in [2.24, 2.45) is 0 Å². The molecule has 1 aliphatic heterocycles. The molecule has 0 spiro atoms. The molecule has 3 rings (SSSR count). The van der Waals surface area contributed by atoms with Gasteiger partial charge in [-0.05, 0) is 31.0 Å². The molecule has 0 aromatic heterocycles. The van der Waals surface area contributed by atoms with E-state index in [1.807, 2.05) is 19.1 Å². The van der Waals surface area contributed by atoms with Crippen LogP contribution in [0.5, 0.6) is 11.5 Å². The number of hydrogen-bond acceptors (Lipinski definition) is 4. The van der Waals surface area contributed by atoms with E-state index in [9.17, 15) is 0 Å². The van der Waals surface area contributed by atoms with Gasteiger partial charge in [-0.15, -0.1) is 0 Å². The van der Waals surface area contributed by atoms with Crippen molar-refractivity contribution in [3.63, 3.8) is 0 Å². The minimum Gasteiger partial charge on any atom is -0.493 e. The third-order valence-corrected chi connectivity index (χ3v) is 4.36. The smallest absolute Gasteiger partial charge is 0.162 e. The minimum atomic E-state index is 0.469. The van der Waals surface area contributed by atoms with Crippen LogP contribution >= 0.6 is 0 Å². The van der Waals surface area contributed by atoms with Crippen LogP contribution in [-0.4, -0.2) is 37.7 Å². The van der Waals surface area contributed by atoms with Crippen LogP contribution in [0.25, 0.3) is 0 Å². The second kappa shape index (κ2) is 8.06. The van der Waals surface area contributed by atoms with E-state index in [1.54, 1.807) is 7.11 Å². The Morgan fingerprint density at radius 3 is 2.71 bits per heavy atom. The van der Waals surface area contributed by atoms with Gasteiger partial charge >= 0.3 is 0 Å². The van der Waals surface area contributed by atoms with E-state index >= 15 is 0 Å². The van der Waals surface area contributed by atoms with E-state index in [4.69, 9.17) is 9.47 Å². The van der Waals surface area contributed by atoms with Gasteiger partial charge < -0.3 is 14.8 Å². The van der Waals surface area contributed by atoms with Gasteiger partial charge in [-0.1, -0.05) is 30.3 Å². The lowest BCUT2D eigenvalue weighted by Gasteiger charge is -2.18. The molecule has 1 saturated heterocycles. The molecule has 128 valence electrons. The molecular weight excluding hydrogens is 300 g/mol. The fourth-order valence-corrected chi connectivity index (χ4v) is 3.20. The van der Waals surface area contributed by atoms with E-state index in [0.717, 1.165) is 43.2 Å². The summed E-state index contributed by atoms with van der Waals surface area (Å²) < 4.78 is 11.0. The monoisotopic (exact) mass is 326 g/mol. The number of anilines is 1. The highest BCUT2D eigenvalue weighted by Gasteiger charge is 2.22. The Morgan fingerprint density at radius 2 is 1.96 bits per heavy atom. The second-order valence-corrected chi connectivity index (χ2v) is 6.15. The molecule has 2 aromatic rings. The summed E-state index contributed by atoms with van der Waals surface area (Å²) in [5.41, 5.74) is 2.46. The van der Waals surface area contributed by atoms with Crippen molar-refractivity contribution in [1.82, 2.24) is 4.90 Å². The van der Waals surface area contributed by atoms with Gasteiger partial charge in [0, 0.05) is 37.4 Å². The molecule has 1 heterocycles. The first-order chi connectivity index (χ1) is 11.8. The number of hydrogen-bond donors (Lipinski definition) is 1. The zero-order valence-corrected chi connectivity index (χ0v) is 14.5. The van der Waals surface area contributed by atoms with Gasteiger partial charge in [0.15, 0.2) is 11.5 Å². The van der Waals surface area contributed by atoms with Crippen LogP contribution in [0, 0.1) is 0 Å². The van der Waals surface area contributed by atoms with Crippen molar-refractivity contribution in [2.45, 2.75) is 25.9 Å². The molecule has 0 saturated carbocycles. The van der Waals surface area contributed by atoms with Crippen molar-refractivity contribution in [2.75, 3.05) is 32.1 Å². The van der Waals surface area contributed by atoms with Crippen molar-refractivity contribution in [3.8, 4) is 11.5 Å². The predicted molar refractivity (Wildman–Crippen MR) is 97.9 cm³/mol. The Bertz CT molecular complexity index is 645. The molecule has 0 bridgehead atoms. The maximum Gasteiger partial charge on any atom is 0.162 e. The van der Waals surface area contributed by atoms with Crippen LogP contribution in [0.2, 0.25) is 0 Å². The molecule has 1 unspecified atom stereocenters. The molecule has 1 N–H and O–H groups in total. The topological polar surface area (TPSA) is 33.7 Å².